The topological polar surface area (TPSA) is 50.1 Å². The first-order chi connectivity index (χ1) is 8.77. The van der Waals surface area contributed by atoms with Gasteiger partial charge in [-0.2, -0.15) is 5.26 Å². The minimum absolute atomic E-state index is 0.106. The van der Waals surface area contributed by atoms with Crippen LogP contribution in [0.5, 0.6) is 0 Å². The largest absolute Gasteiger partial charge is 0.466 e. The molecule has 0 unspecified atom stereocenters. The molecule has 4 rings (SSSR count). The van der Waals surface area contributed by atoms with Gasteiger partial charge in [-0.15, -0.1) is 0 Å². The van der Waals surface area contributed by atoms with Crippen molar-refractivity contribution < 1.29 is 9.53 Å². The van der Waals surface area contributed by atoms with Gasteiger partial charge in [0.1, 0.15) is 0 Å². The molecule has 0 aliphatic heterocycles. The van der Waals surface area contributed by atoms with E-state index in [1.807, 2.05) is 36.4 Å². The molecule has 88 valence electrons. The fourth-order valence-corrected chi connectivity index (χ4v) is 2.82. The number of rotatable bonds is 1. The van der Waals surface area contributed by atoms with E-state index in [-0.39, 0.29) is 11.8 Å². The third-order valence-corrected chi connectivity index (χ3v) is 3.60. The van der Waals surface area contributed by atoms with Gasteiger partial charge in [-0.1, -0.05) is 36.4 Å². The predicted octanol–water partition coefficient (Wildman–Crippen LogP) is 2.43. The number of esters is 1. The molecule has 2 bridgehead atoms. The Labute approximate surface area is 105 Å². The lowest BCUT2D eigenvalue weighted by Crippen LogP contribution is -2.26. The second kappa shape index (κ2) is 3.85. The smallest absolute Gasteiger partial charge is 0.335 e. The van der Waals surface area contributed by atoms with E-state index in [4.69, 9.17) is 4.74 Å². The number of carbonyl (C=O) groups excluding carboxylic acids is 1. The fraction of sp³-hybridized carbons (Fsp3) is 0.200. The van der Waals surface area contributed by atoms with Crippen molar-refractivity contribution in [1.82, 2.24) is 0 Å². The van der Waals surface area contributed by atoms with Crippen molar-refractivity contribution in [3.8, 4) is 6.07 Å². The SMILES string of the molecule is COC(=O)C1=C(C#N)[C@@H]2C=C[C@H]1c1ccccc12. The van der Waals surface area contributed by atoms with Crippen LogP contribution in [0.2, 0.25) is 0 Å². The Morgan fingerprint density at radius 1 is 1.22 bits per heavy atom. The summed E-state index contributed by atoms with van der Waals surface area (Å²) in [5, 5.41) is 9.30. The van der Waals surface area contributed by atoms with Crippen molar-refractivity contribution in [2.45, 2.75) is 11.8 Å². The zero-order valence-corrected chi connectivity index (χ0v) is 9.88. The van der Waals surface area contributed by atoms with Crippen molar-refractivity contribution in [2.24, 2.45) is 0 Å². The predicted molar refractivity (Wildman–Crippen MR) is 65.7 cm³/mol. The second-order valence-electron chi connectivity index (χ2n) is 4.40. The van der Waals surface area contributed by atoms with Crippen LogP contribution in [0.25, 0.3) is 0 Å². The number of carbonyl (C=O) groups is 1. The van der Waals surface area contributed by atoms with Crippen molar-refractivity contribution >= 4 is 5.97 Å². The number of hydrogen-bond acceptors (Lipinski definition) is 3. The summed E-state index contributed by atoms with van der Waals surface area (Å²) in [6.45, 7) is 0. The average molecular weight is 237 g/mol. The second-order valence-corrected chi connectivity index (χ2v) is 4.40. The van der Waals surface area contributed by atoms with Gasteiger partial charge >= 0.3 is 5.97 Å². The number of hydrogen-bond donors (Lipinski definition) is 0. The van der Waals surface area contributed by atoms with Crippen molar-refractivity contribution in [1.29, 1.82) is 5.26 Å². The minimum atomic E-state index is -0.402. The Morgan fingerprint density at radius 3 is 2.44 bits per heavy atom. The summed E-state index contributed by atoms with van der Waals surface area (Å²) in [5.41, 5.74) is 3.23. The third-order valence-electron chi connectivity index (χ3n) is 3.60. The van der Waals surface area contributed by atoms with Gasteiger partial charge in [-0.05, 0) is 11.1 Å². The number of allylic oxidation sites excluding steroid dienone is 3. The molecule has 0 radical (unpaired) electrons. The highest BCUT2D eigenvalue weighted by Crippen LogP contribution is 2.48. The van der Waals surface area contributed by atoms with Crippen LogP contribution in [0.15, 0.2) is 47.6 Å². The van der Waals surface area contributed by atoms with Gasteiger partial charge in [0.15, 0.2) is 0 Å². The summed E-state index contributed by atoms with van der Waals surface area (Å²) in [6, 6.07) is 10.1. The van der Waals surface area contributed by atoms with E-state index >= 15 is 0 Å². The molecule has 3 heteroatoms. The Balaban J connectivity index is 2.23. The molecule has 1 aromatic carbocycles. The quantitative estimate of drug-likeness (QED) is 0.556. The molecule has 18 heavy (non-hydrogen) atoms. The molecular weight excluding hydrogens is 226 g/mol. The van der Waals surface area contributed by atoms with E-state index in [2.05, 4.69) is 6.07 Å². The van der Waals surface area contributed by atoms with Gasteiger partial charge in [0.25, 0.3) is 0 Å². The maximum absolute atomic E-state index is 11.9. The fourth-order valence-electron chi connectivity index (χ4n) is 2.82. The number of methoxy groups -OCH3 is 1. The molecule has 3 aliphatic carbocycles. The Morgan fingerprint density at radius 2 is 1.83 bits per heavy atom. The molecule has 0 spiro atoms. The standard InChI is InChI=1S/C15H11NO2/c1-18-15(17)14-12-7-6-11(13(14)8-16)9-4-2-3-5-10(9)12/h2-7,11-12H,1H3/t11-,12+/m1/s1. The lowest BCUT2D eigenvalue weighted by atomic mass is 9.68. The molecule has 2 atom stereocenters. The molecular formula is C15H11NO2. The van der Waals surface area contributed by atoms with Gasteiger partial charge < -0.3 is 4.74 Å². The van der Waals surface area contributed by atoms with Gasteiger partial charge in [0.2, 0.25) is 0 Å². The monoisotopic (exact) mass is 237 g/mol. The summed E-state index contributed by atoms with van der Waals surface area (Å²) in [4.78, 5) is 11.9. The zero-order valence-electron chi connectivity index (χ0n) is 9.88. The zero-order chi connectivity index (χ0) is 12.7. The molecule has 0 heterocycles. The molecule has 0 amide bonds. The summed E-state index contributed by atoms with van der Waals surface area (Å²) in [6.07, 6.45) is 3.98. The number of ether oxygens (including phenoxy) is 1. The van der Waals surface area contributed by atoms with E-state index < -0.39 is 5.97 Å². The summed E-state index contributed by atoms with van der Waals surface area (Å²) in [5.74, 6) is -0.654. The first kappa shape index (κ1) is 10.8. The van der Waals surface area contributed by atoms with Crippen LogP contribution in [-0.4, -0.2) is 13.1 Å². The highest BCUT2D eigenvalue weighted by Gasteiger charge is 2.39. The highest BCUT2D eigenvalue weighted by molar-refractivity contribution is 5.94. The van der Waals surface area contributed by atoms with Crippen LogP contribution < -0.4 is 0 Å². The van der Waals surface area contributed by atoms with E-state index in [0.717, 1.165) is 11.1 Å². The van der Waals surface area contributed by atoms with E-state index in [0.29, 0.717) is 11.1 Å². The number of benzene rings is 1. The molecule has 0 aromatic heterocycles. The Bertz CT molecular complexity index is 634. The van der Waals surface area contributed by atoms with E-state index in [1.165, 1.54) is 7.11 Å². The van der Waals surface area contributed by atoms with Gasteiger partial charge in [0.05, 0.1) is 24.3 Å². The van der Waals surface area contributed by atoms with Crippen LogP contribution in [0.1, 0.15) is 23.0 Å². The molecule has 1 aromatic rings. The molecule has 0 saturated heterocycles. The molecule has 0 N–H and O–H groups in total. The maximum atomic E-state index is 11.9. The van der Waals surface area contributed by atoms with Crippen molar-refractivity contribution in [3.63, 3.8) is 0 Å². The van der Waals surface area contributed by atoms with Crippen LogP contribution in [0.4, 0.5) is 0 Å². The molecule has 3 aliphatic rings. The summed E-state index contributed by atoms with van der Waals surface area (Å²) >= 11 is 0. The first-order valence-corrected chi connectivity index (χ1v) is 5.77. The maximum Gasteiger partial charge on any atom is 0.335 e. The van der Waals surface area contributed by atoms with Crippen molar-refractivity contribution in [3.05, 3.63) is 58.7 Å². The molecule has 3 nitrogen and oxygen atoms in total. The van der Waals surface area contributed by atoms with Crippen LogP contribution in [0, 0.1) is 11.3 Å². The van der Waals surface area contributed by atoms with Gasteiger partial charge in [0, 0.05) is 11.8 Å². The Kier molecular flexibility index (Phi) is 2.31. The number of nitriles is 1. The number of nitrogens with zero attached hydrogens (tertiary/aromatic N) is 1. The Hall–Kier alpha value is -2.34. The molecule has 0 saturated carbocycles. The lowest BCUT2D eigenvalue weighted by molar-refractivity contribution is -0.136. The first-order valence-electron chi connectivity index (χ1n) is 5.77. The minimum Gasteiger partial charge on any atom is -0.466 e. The summed E-state index contributed by atoms with van der Waals surface area (Å²) < 4.78 is 4.81. The summed E-state index contributed by atoms with van der Waals surface area (Å²) in [7, 11) is 1.35. The molecule has 0 fully saturated rings. The van der Waals surface area contributed by atoms with Crippen LogP contribution >= 0.6 is 0 Å². The van der Waals surface area contributed by atoms with E-state index in [1.54, 1.807) is 0 Å². The normalized spacial score (nSPS) is 23.6. The van der Waals surface area contributed by atoms with Crippen LogP contribution in [-0.2, 0) is 9.53 Å². The van der Waals surface area contributed by atoms with Crippen molar-refractivity contribution in [2.75, 3.05) is 7.11 Å². The van der Waals surface area contributed by atoms with E-state index in [9.17, 15) is 10.1 Å². The lowest BCUT2D eigenvalue weighted by Gasteiger charge is -2.34. The highest BCUT2D eigenvalue weighted by atomic mass is 16.5. The van der Waals surface area contributed by atoms with Gasteiger partial charge in [-0.25, -0.2) is 4.79 Å². The average Bonchev–Trinajstić information content (AvgIpc) is 2.46. The van der Waals surface area contributed by atoms with Crippen LogP contribution in [0.3, 0.4) is 0 Å². The van der Waals surface area contributed by atoms with Gasteiger partial charge in [-0.3, -0.25) is 0 Å². The third kappa shape index (κ3) is 1.26.